The van der Waals surface area contributed by atoms with Crippen molar-refractivity contribution < 1.29 is 24.1 Å². The van der Waals surface area contributed by atoms with Gasteiger partial charge < -0.3 is 14.9 Å². The van der Waals surface area contributed by atoms with Gasteiger partial charge in [-0.1, -0.05) is 17.7 Å². The third-order valence-electron chi connectivity index (χ3n) is 4.98. The average molecular weight is 344 g/mol. The molecule has 2 heterocycles. The summed E-state index contributed by atoms with van der Waals surface area (Å²) in [5.41, 5.74) is 0.00947. The molecule has 2 aliphatic rings. The van der Waals surface area contributed by atoms with Crippen molar-refractivity contribution in [2.24, 2.45) is 5.41 Å². The summed E-state index contributed by atoms with van der Waals surface area (Å²) in [4.78, 5) is 13.5. The quantitative estimate of drug-likeness (QED) is 0.879. The first-order valence-electron chi connectivity index (χ1n) is 7.60. The topological polar surface area (TPSA) is 70.0 Å². The summed E-state index contributed by atoms with van der Waals surface area (Å²) in [5, 5.41) is 20.2. The smallest absolute Gasteiger partial charge is 0.325 e. The molecule has 0 aromatic heterocycles. The van der Waals surface area contributed by atoms with E-state index in [2.05, 4.69) is 0 Å². The molecule has 2 aliphatic heterocycles. The summed E-state index contributed by atoms with van der Waals surface area (Å²) >= 11 is 6.05. The van der Waals surface area contributed by atoms with Gasteiger partial charge >= 0.3 is 5.97 Å². The number of halogens is 2. The summed E-state index contributed by atoms with van der Waals surface area (Å²) in [7, 11) is 0. The Kier molecular flexibility index (Phi) is 4.60. The van der Waals surface area contributed by atoms with E-state index in [4.69, 9.17) is 16.3 Å². The number of ether oxygens (including phenoxy) is 1. The van der Waals surface area contributed by atoms with E-state index < -0.39 is 23.9 Å². The normalized spacial score (nSPS) is 25.6. The summed E-state index contributed by atoms with van der Waals surface area (Å²) in [6.07, 6.45) is 0.801. The Bertz CT molecular complexity index is 606. The molecule has 0 radical (unpaired) electrons. The van der Waals surface area contributed by atoms with Crippen molar-refractivity contribution in [3.63, 3.8) is 0 Å². The van der Waals surface area contributed by atoms with Gasteiger partial charge in [0.2, 0.25) is 0 Å². The van der Waals surface area contributed by atoms with E-state index in [9.17, 15) is 19.4 Å². The third-order valence-corrected chi connectivity index (χ3v) is 5.30. The first-order valence-corrected chi connectivity index (χ1v) is 7.98. The minimum absolute atomic E-state index is 0.0832. The monoisotopic (exact) mass is 343 g/mol. The highest BCUT2D eigenvalue weighted by atomic mass is 35.5. The second-order valence-electron chi connectivity index (χ2n) is 6.33. The van der Waals surface area contributed by atoms with Crippen LogP contribution in [0.25, 0.3) is 0 Å². The molecule has 2 saturated heterocycles. The molecule has 23 heavy (non-hydrogen) atoms. The SMILES string of the molecule is O=C(O)C(c1ccc(F)cc1Cl)N1CC(O)C2(CCOCC2)C1. The first kappa shape index (κ1) is 16.6. The minimum Gasteiger partial charge on any atom is -0.480 e. The van der Waals surface area contributed by atoms with E-state index in [-0.39, 0.29) is 17.0 Å². The molecular formula is C16H19ClFNO4. The molecule has 126 valence electrons. The molecule has 1 aromatic carbocycles. The van der Waals surface area contributed by atoms with Gasteiger partial charge in [-0.05, 0) is 30.5 Å². The molecule has 0 bridgehead atoms. The van der Waals surface area contributed by atoms with Crippen LogP contribution in [0.15, 0.2) is 18.2 Å². The van der Waals surface area contributed by atoms with Gasteiger partial charge in [-0.15, -0.1) is 0 Å². The fourth-order valence-electron chi connectivity index (χ4n) is 3.67. The number of hydrogen-bond acceptors (Lipinski definition) is 4. The van der Waals surface area contributed by atoms with Crippen LogP contribution in [0, 0.1) is 11.2 Å². The van der Waals surface area contributed by atoms with Gasteiger partial charge in [0.1, 0.15) is 11.9 Å². The van der Waals surface area contributed by atoms with Crippen LogP contribution in [0.4, 0.5) is 4.39 Å². The Hall–Kier alpha value is -1.21. The number of carboxylic acid groups (broad SMARTS) is 1. The number of carbonyl (C=O) groups is 1. The van der Waals surface area contributed by atoms with Crippen LogP contribution in [0.2, 0.25) is 5.02 Å². The molecule has 0 amide bonds. The van der Waals surface area contributed by atoms with Crippen molar-refractivity contribution in [3.05, 3.63) is 34.6 Å². The average Bonchev–Trinajstić information content (AvgIpc) is 2.78. The maximum atomic E-state index is 13.2. The molecule has 1 aromatic rings. The van der Waals surface area contributed by atoms with E-state index in [0.29, 0.717) is 38.2 Å². The highest BCUT2D eigenvalue weighted by molar-refractivity contribution is 6.31. The molecule has 0 aliphatic carbocycles. The number of aliphatic carboxylic acids is 1. The van der Waals surface area contributed by atoms with Crippen LogP contribution >= 0.6 is 11.6 Å². The Morgan fingerprint density at radius 1 is 1.43 bits per heavy atom. The van der Waals surface area contributed by atoms with Crippen molar-refractivity contribution in [1.29, 1.82) is 0 Å². The molecule has 2 atom stereocenters. The van der Waals surface area contributed by atoms with E-state index in [1.165, 1.54) is 12.1 Å². The fourth-order valence-corrected chi connectivity index (χ4v) is 3.94. The minimum atomic E-state index is -1.06. The lowest BCUT2D eigenvalue weighted by atomic mass is 9.77. The van der Waals surface area contributed by atoms with Crippen LogP contribution in [0.5, 0.6) is 0 Å². The van der Waals surface area contributed by atoms with E-state index in [1.54, 1.807) is 4.90 Å². The standard InChI is InChI=1S/C16H19ClFNO4/c17-12-7-10(18)1-2-11(12)14(15(21)22)19-8-13(20)16(9-19)3-5-23-6-4-16/h1-2,7,13-14,20H,3-6,8-9H2,(H,21,22). The van der Waals surface area contributed by atoms with Gasteiger partial charge in [-0.2, -0.15) is 0 Å². The van der Waals surface area contributed by atoms with Gasteiger partial charge in [-0.25, -0.2) is 4.39 Å². The van der Waals surface area contributed by atoms with Crippen LogP contribution < -0.4 is 0 Å². The molecular weight excluding hydrogens is 325 g/mol. The Labute approximate surface area is 138 Å². The lowest BCUT2D eigenvalue weighted by Gasteiger charge is -2.36. The zero-order chi connectivity index (χ0) is 16.6. The fraction of sp³-hybridized carbons (Fsp3) is 0.562. The first-order chi connectivity index (χ1) is 10.9. The number of rotatable bonds is 3. The molecule has 3 rings (SSSR count). The van der Waals surface area contributed by atoms with Crippen LogP contribution in [-0.4, -0.2) is 53.5 Å². The number of aliphatic hydroxyl groups is 1. The third kappa shape index (κ3) is 3.08. The number of aliphatic hydroxyl groups excluding tert-OH is 1. The number of β-amino-alcohol motifs (C(OH)–C–C–N with tert-alkyl or cyclic N) is 1. The van der Waals surface area contributed by atoms with Crippen LogP contribution in [0.1, 0.15) is 24.4 Å². The van der Waals surface area contributed by atoms with E-state index in [0.717, 1.165) is 6.07 Å². The molecule has 2 N–H and O–H groups in total. The second-order valence-corrected chi connectivity index (χ2v) is 6.73. The number of benzene rings is 1. The van der Waals surface area contributed by atoms with Crippen molar-refractivity contribution in [2.45, 2.75) is 25.0 Å². The van der Waals surface area contributed by atoms with Gasteiger partial charge in [-0.3, -0.25) is 9.69 Å². The molecule has 1 spiro atoms. The predicted octanol–water partition coefficient (Wildman–Crippen LogP) is 2.08. The van der Waals surface area contributed by atoms with Crippen molar-refractivity contribution in [2.75, 3.05) is 26.3 Å². The van der Waals surface area contributed by atoms with Gasteiger partial charge in [0, 0.05) is 36.7 Å². The van der Waals surface area contributed by atoms with Gasteiger partial charge in [0.25, 0.3) is 0 Å². The second kappa shape index (κ2) is 6.36. The number of likely N-dealkylation sites (tertiary alicyclic amines) is 1. The van der Waals surface area contributed by atoms with E-state index in [1.807, 2.05) is 0 Å². The van der Waals surface area contributed by atoms with Crippen LogP contribution in [0.3, 0.4) is 0 Å². The lowest BCUT2D eigenvalue weighted by Crippen LogP contribution is -2.40. The Morgan fingerprint density at radius 2 is 2.13 bits per heavy atom. The number of carboxylic acids is 1. The predicted molar refractivity (Wildman–Crippen MR) is 81.9 cm³/mol. The maximum absolute atomic E-state index is 13.2. The molecule has 5 nitrogen and oxygen atoms in total. The van der Waals surface area contributed by atoms with Gasteiger partial charge in [0.15, 0.2) is 0 Å². The zero-order valence-electron chi connectivity index (χ0n) is 12.5. The van der Waals surface area contributed by atoms with Crippen molar-refractivity contribution in [1.82, 2.24) is 4.90 Å². The summed E-state index contributed by atoms with van der Waals surface area (Å²) in [6, 6.07) is 2.72. The highest BCUT2D eigenvalue weighted by Gasteiger charge is 2.49. The summed E-state index contributed by atoms with van der Waals surface area (Å²) < 4.78 is 18.6. The Balaban J connectivity index is 1.89. The number of hydrogen-bond donors (Lipinski definition) is 2. The lowest BCUT2D eigenvalue weighted by molar-refractivity contribution is -0.143. The molecule has 2 unspecified atom stereocenters. The summed E-state index contributed by atoms with van der Waals surface area (Å²) in [6.45, 7) is 1.85. The molecule has 0 saturated carbocycles. The van der Waals surface area contributed by atoms with E-state index >= 15 is 0 Å². The largest absolute Gasteiger partial charge is 0.480 e. The van der Waals surface area contributed by atoms with Crippen molar-refractivity contribution >= 4 is 17.6 Å². The summed E-state index contributed by atoms with van der Waals surface area (Å²) in [5.74, 6) is -1.57. The molecule has 2 fully saturated rings. The zero-order valence-corrected chi connectivity index (χ0v) is 13.3. The van der Waals surface area contributed by atoms with Crippen molar-refractivity contribution in [3.8, 4) is 0 Å². The highest BCUT2D eigenvalue weighted by Crippen LogP contribution is 2.43. The van der Waals surface area contributed by atoms with Gasteiger partial charge in [0.05, 0.1) is 6.10 Å². The molecule has 7 heteroatoms. The number of nitrogens with zero attached hydrogens (tertiary/aromatic N) is 1. The Morgan fingerprint density at radius 3 is 2.74 bits per heavy atom. The van der Waals surface area contributed by atoms with Crippen LogP contribution in [-0.2, 0) is 9.53 Å². The maximum Gasteiger partial charge on any atom is 0.325 e.